The van der Waals surface area contributed by atoms with Gasteiger partial charge < -0.3 is 0 Å². The van der Waals surface area contributed by atoms with E-state index in [-0.39, 0.29) is 5.41 Å². The second-order valence-corrected chi connectivity index (χ2v) is 29.1. The number of benzene rings is 8. The van der Waals surface area contributed by atoms with Gasteiger partial charge in [-0.05, 0) is 228 Å². The SMILES string of the molecule is Cc1cc[n+](C)c(-c2cc(-c3ccccc3C)ccc2C)c1.Cc1ccccc1-c1ccc(C)c(-c2cc(C(C)C)cc[n+]2C)c1.Cc1ccccc1-c1ccc(C)c(-c2cc(CC(C)(C)C)cc[n+]2C)c1.Cc1ccccc1-c1ccc(C)c(-c2cc(CC(C)C)cc[n+]2C)c1. The number of aromatic nitrogens is 4. The second kappa shape index (κ2) is 31.9. The molecule has 4 heterocycles. The minimum atomic E-state index is 0.287. The van der Waals surface area contributed by atoms with Gasteiger partial charge in [0.15, 0.2) is 24.8 Å². The van der Waals surface area contributed by atoms with Crippen molar-refractivity contribution < 1.29 is 18.3 Å². The van der Waals surface area contributed by atoms with Crippen molar-refractivity contribution in [2.75, 3.05) is 0 Å². The molecule has 0 saturated carbocycles. The maximum Gasteiger partial charge on any atom is 0.212 e. The Balaban J connectivity index is 0.000000152. The number of rotatable bonds is 12. The third kappa shape index (κ3) is 18.3. The molecule has 12 aromatic rings. The zero-order valence-corrected chi connectivity index (χ0v) is 62.0. The third-order valence-corrected chi connectivity index (χ3v) is 18.8. The average molecular weight is 1280 g/mol. The summed E-state index contributed by atoms with van der Waals surface area (Å²) in [5.41, 5.74) is 36.9. The van der Waals surface area contributed by atoms with Gasteiger partial charge in [-0.2, -0.15) is 0 Å². The molecule has 4 nitrogen and oxygen atoms in total. The van der Waals surface area contributed by atoms with E-state index in [1.54, 1.807) is 0 Å². The van der Waals surface area contributed by atoms with E-state index in [4.69, 9.17) is 0 Å². The zero-order valence-electron chi connectivity index (χ0n) is 62.0. The summed E-state index contributed by atoms with van der Waals surface area (Å²) in [6.07, 6.45) is 10.9. The van der Waals surface area contributed by atoms with Gasteiger partial charge in [0.05, 0.1) is 0 Å². The Morgan fingerprint density at radius 3 is 0.907 bits per heavy atom. The minimum absolute atomic E-state index is 0.287. The number of hydrogen-bond donors (Lipinski definition) is 0. The Morgan fingerprint density at radius 1 is 0.289 bits per heavy atom. The first-order chi connectivity index (χ1) is 46.2. The monoisotopic (exact) mass is 1280 g/mol. The molecule has 0 saturated heterocycles. The highest BCUT2D eigenvalue weighted by Gasteiger charge is 2.22. The van der Waals surface area contributed by atoms with E-state index in [0.717, 1.165) is 12.8 Å². The van der Waals surface area contributed by atoms with Crippen LogP contribution >= 0.6 is 0 Å². The Morgan fingerprint density at radius 2 is 0.577 bits per heavy atom. The van der Waals surface area contributed by atoms with Crippen LogP contribution in [0.25, 0.3) is 89.5 Å². The molecule has 0 aliphatic carbocycles. The summed E-state index contributed by atoms with van der Waals surface area (Å²) in [4.78, 5) is 0. The topological polar surface area (TPSA) is 15.5 Å². The maximum absolute atomic E-state index is 2.36. The Kier molecular flexibility index (Phi) is 23.6. The van der Waals surface area contributed by atoms with E-state index >= 15 is 0 Å². The van der Waals surface area contributed by atoms with Gasteiger partial charge in [0, 0.05) is 70.8 Å². The van der Waals surface area contributed by atoms with Crippen LogP contribution in [0.5, 0.6) is 0 Å². The van der Waals surface area contributed by atoms with Crippen LogP contribution in [-0.4, -0.2) is 0 Å². The predicted octanol–water partition coefficient (Wildman–Crippen LogP) is 22.1. The van der Waals surface area contributed by atoms with Crippen LogP contribution in [0.1, 0.15) is 121 Å². The fraction of sp³-hybridized carbons (Fsp3) is 0.269. The molecule has 0 amide bonds. The second-order valence-electron chi connectivity index (χ2n) is 29.1. The standard InChI is InChI=1S/C25H30N.C24H28N.C23H26N.C21H22N/c1-18-9-7-8-10-22(18)21-12-11-19(2)23(16-21)24-15-20(13-14-26(24)6)17-25(3,4)5;1-17(2)14-20-12-13-25(5)24(15-20)23-16-21(11-10-19(23)4)22-9-7-6-8-18(22)3;1-16(2)19-12-13-24(5)23(15-19)22-14-20(11-10-18(22)4)21-9-7-6-8-17(21)3;1-15-11-12-22(4)21(13-15)20-14-18(10-9-17(20)3)19-8-6-5-7-16(19)2/h7-16H,17H2,1-6H3;6-13,15-17H,14H2,1-5H3;6-16H,1-5H3;5-14H,1-4H3/q4*+1. The Bertz CT molecular complexity index is 4720. The predicted molar refractivity (Wildman–Crippen MR) is 412 cm³/mol. The van der Waals surface area contributed by atoms with E-state index in [2.05, 4.69) is 400 Å². The van der Waals surface area contributed by atoms with Crippen molar-refractivity contribution >= 4 is 0 Å². The summed E-state index contributed by atoms with van der Waals surface area (Å²) in [5.74, 6) is 1.20. The highest BCUT2D eigenvalue weighted by molar-refractivity contribution is 5.78. The van der Waals surface area contributed by atoms with Crippen molar-refractivity contribution in [1.82, 2.24) is 0 Å². The van der Waals surface area contributed by atoms with Gasteiger partial charge >= 0.3 is 0 Å². The lowest BCUT2D eigenvalue weighted by atomic mass is 9.87. The van der Waals surface area contributed by atoms with Gasteiger partial charge in [0.25, 0.3) is 0 Å². The van der Waals surface area contributed by atoms with Gasteiger partial charge in [-0.15, -0.1) is 0 Å². The summed E-state index contributed by atoms with van der Waals surface area (Å²) in [6, 6.07) is 79.7. The molecular weight excluding hydrogens is 1170 g/mol. The molecule has 4 heteroatoms. The largest absolute Gasteiger partial charge is 0.212 e. The first-order valence-electron chi connectivity index (χ1n) is 34.8. The third-order valence-electron chi connectivity index (χ3n) is 18.8. The van der Waals surface area contributed by atoms with Crippen LogP contribution in [0.15, 0.2) is 243 Å². The summed E-state index contributed by atoms with van der Waals surface area (Å²) in [6.45, 7) is 35.5. The fourth-order valence-electron chi connectivity index (χ4n) is 13.1. The van der Waals surface area contributed by atoms with E-state index in [1.165, 1.54) is 156 Å². The first-order valence-corrected chi connectivity index (χ1v) is 34.8. The molecular formula is C93H106N4+4. The maximum atomic E-state index is 2.36. The molecule has 0 N–H and O–H groups in total. The molecule has 0 atom stereocenters. The van der Waals surface area contributed by atoms with Crippen LogP contribution in [0, 0.1) is 73.6 Å². The van der Waals surface area contributed by atoms with Crippen molar-refractivity contribution in [2.24, 2.45) is 39.5 Å². The molecule has 8 aromatic carbocycles. The quantitative estimate of drug-likeness (QED) is 0.108. The zero-order chi connectivity index (χ0) is 69.8. The molecule has 12 rings (SSSR count). The first kappa shape index (κ1) is 71.6. The molecule has 0 aliphatic rings. The molecule has 0 aliphatic heterocycles. The van der Waals surface area contributed by atoms with Crippen LogP contribution in [0.3, 0.4) is 0 Å². The van der Waals surface area contributed by atoms with Gasteiger partial charge in [0.2, 0.25) is 22.8 Å². The van der Waals surface area contributed by atoms with Gasteiger partial charge in [-0.1, -0.05) is 194 Å². The number of aryl methyl sites for hydroxylation is 13. The van der Waals surface area contributed by atoms with Crippen molar-refractivity contribution in [3.63, 3.8) is 0 Å². The highest BCUT2D eigenvalue weighted by atomic mass is 14.9. The summed E-state index contributed by atoms with van der Waals surface area (Å²) in [7, 11) is 8.50. The van der Waals surface area contributed by atoms with Gasteiger partial charge in [0.1, 0.15) is 28.2 Å². The molecule has 97 heavy (non-hydrogen) atoms. The van der Waals surface area contributed by atoms with E-state index in [0.29, 0.717) is 11.8 Å². The lowest BCUT2D eigenvalue weighted by Gasteiger charge is -2.18. The Hall–Kier alpha value is -9.64. The molecule has 0 radical (unpaired) electrons. The summed E-state index contributed by atoms with van der Waals surface area (Å²) >= 11 is 0. The Labute approximate surface area is 583 Å². The number of hydrogen-bond acceptors (Lipinski definition) is 0. The van der Waals surface area contributed by atoms with Gasteiger partial charge in [-0.25, -0.2) is 18.3 Å². The van der Waals surface area contributed by atoms with Crippen molar-refractivity contribution in [3.05, 3.63) is 310 Å². The van der Waals surface area contributed by atoms with Crippen molar-refractivity contribution in [1.29, 1.82) is 0 Å². The van der Waals surface area contributed by atoms with E-state index in [1.807, 2.05) is 0 Å². The average Bonchev–Trinajstić information content (AvgIpc) is 0.847. The smallest absolute Gasteiger partial charge is 0.201 e. The lowest BCUT2D eigenvalue weighted by molar-refractivity contribution is -0.660. The van der Waals surface area contributed by atoms with E-state index in [9.17, 15) is 0 Å². The molecule has 0 fully saturated rings. The summed E-state index contributed by atoms with van der Waals surface area (Å²) in [5, 5.41) is 0. The normalized spacial score (nSPS) is 11.2. The van der Waals surface area contributed by atoms with Crippen LogP contribution < -0.4 is 18.3 Å². The highest BCUT2D eigenvalue weighted by Crippen LogP contribution is 2.35. The number of nitrogens with zero attached hydrogens (tertiary/aromatic N) is 4. The molecule has 494 valence electrons. The molecule has 4 aromatic heterocycles. The minimum Gasteiger partial charge on any atom is -0.201 e. The number of pyridine rings is 4. The van der Waals surface area contributed by atoms with Gasteiger partial charge in [-0.3, -0.25) is 0 Å². The van der Waals surface area contributed by atoms with Crippen molar-refractivity contribution in [2.45, 2.75) is 130 Å². The molecule has 0 spiro atoms. The lowest BCUT2D eigenvalue weighted by Crippen LogP contribution is -2.31. The van der Waals surface area contributed by atoms with Crippen LogP contribution in [0.2, 0.25) is 0 Å². The van der Waals surface area contributed by atoms with E-state index < -0.39 is 0 Å². The molecule has 0 bridgehead atoms. The van der Waals surface area contributed by atoms with Crippen LogP contribution in [0.4, 0.5) is 0 Å². The van der Waals surface area contributed by atoms with Crippen molar-refractivity contribution in [3.8, 4) is 89.5 Å². The van der Waals surface area contributed by atoms with Crippen LogP contribution in [-0.2, 0) is 41.0 Å². The molecule has 0 unspecified atom stereocenters. The fourth-order valence-corrected chi connectivity index (χ4v) is 13.1. The summed E-state index contributed by atoms with van der Waals surface area (Å²) < 4.78 is 8.87.